The van der Waals surface area contributed by atoms with E-state index in [2.05, 4.69) is 0 Å². The Morgan fingerprint density at radius 2 is 2.25 bits per heavy atom. The lowest BCUT2D eigenvalue weighted by Crippen LogP contribution is -2.48. The predicted octanol–water partition coefficient (Wildman–Crippen LogP) is 1.12. The first-order valence-corrected chi connectivity index (χ1v) is 7.93. The molecule has 1 fully saturated rings. The Morgan fingerprint density at radius 3 is 2.90 bits per heavy atom. The number of nitrogens with zero attached hydrogens (tertiary/aromatic N) is 1. The molecule has 0 bridgehead atoms. The monoisotopic (exact) mass is 303 g/mol. The van der Waals surface area contributed by atoms with Crippen LogP contribution in [0, 0.1) is 5.82 Å². The normalized spacial score (nSPS) is 21.1. The second-order valence-electron chi connectivity index (χ2n) is 4.66. The molecule has 1 atom stereocenters. The van der Waals surface area contributed by atoms with Crippen LogP contribution in [0.25, 0.3) is 0 Å². The molecule has 0 aromatic heterocycles. The van der Waals surface area contributed by atoms with Crippen molar-refractivity contribution >= 4 is 10.0 Å². The zero-order valence-corrected chi connectivity index (χ0v) is 12.1. The molecule has 7 heteroatoms. The lowest BCUT2D eigenvalue weighted by molar-refractivity contribution is 0.0313. The predicted molar refractivity (Wildman–Crippen MR) is 71.1 cm³/mol. The first kappa shape index (κ1) is 15.4. The van der Waals surface area contributed by atoms with Crippen molar-refractivity contribution in [3.63, 3.8) is 0 Å². The van der Waals surface area contributed by atoms with Crippen molar-refractivity contribution in [2.75, 3.05) is 19.8 Å². The van der Waals surface area contributed by atoms with Crippen LogP contribution in [-0.4, -0.2) is 43.6 Å². The van der Waals surface area contributed by atoms with Gasteiger partial charge in [-0.05, 0) is 24.1 Å². The lowest BCUT2D eigenvalue weighted by atomic mass is 10.2. The standard InChI is InChI=1S/C13H18FNO4S/c1-2-12-9-19-6-5-15(12)20(17,18)13-7-11(14)4-3-10(13)8-16/h3-4,7,12,16H,2,5-6,8-9H2,1H3. The summed E-state index contributed by atoms with van der Waals surface area (Å²) in [6.45, 7) is 2.32. The Kier molecular flexibility index (Phi) is 4.74. The van der Waals surface area contributed by atoms with Crippen molar-refractivity contribution in [3.8, 4) is 0 Å². The van der Waals surface area contributed by atoms with Gasteiger partial charge in [0.05, 0.1) is 24.7 Å². The van der Waals surface area contributed by atoms with Gasteiger partial charge in [-0.1, -0.05) is 13.0 Å². The number of hydrogen-bond acceptors (Lipinski definition) is 4. The van der Waals surface area contributed by atoms with Crippen LogP contribution in [0.15, 0.2) is 23.1 Å². The van der Waals surface area contributed by atoms with E-state index < -0.39 is 22.4 Å². The maximum absolute atomic E-state index is 13.4. The van der Waals surface area contributed by atoms with Crippen LogP contribution >= 0.6 is 0 Å². The maximum atomic E-state index is 13.4. The fourth-order valence-electron chi connectivity index (χ4n) is 2.30. The van der Waals surface area contributed by atoms with Crippen LogP contribution in [0.4, 0.5) is 4.39 Å². The summed E-state index contributed by atoms with van der Waals surface area (Å²) >= 11 is 0. The number of sulfonamides is 1. The van der Waals surface area contributed by atoms with Gasteiger partial charge in [-0.2, -0.15) is 4.31 Å². The minimum absolute atomic E-state index is 0.166. The molecule has 112 valence electrons. The molecule has 2 rings (SSSR count). The number of halogens is 1. The molecule has 1 aromatic carbocycles. The number of aliphatic hydroxyl groups is 1. The van der Waals surface area contributed by atoms with Crippen molar-refractivity contribution < 1.29 is 22.7 Å². The molecule has 1 aliphatic heterocycles. The molecule has 5 nitrogen and oxygen atoms in total. The van der Waals surface area contributed by atoms with Gasteiger partial charge in [0, 0.05) is 12.6 Å². The Morgan fingerprint density at radius 1 is 1.50 bits per heavy atom. The maximum Gasteiger partial charge on any atom is 0.243 e. The van der Waals surface area contributed by atoms with Crippen molar-refractivity contribution in [2.24, 2.45) is 0 Å². The van der Waals surface area contributed by atoms with E-state index in [1.807, 2.05) is 6.92 Å². The van der Waals surface area contributed by atoms with Crippen LogP contribution in [0.5, 0.6) is 0 Å². The highest BCUT2D eigenvalue weighted by molar-refractivity contribution is 7.89. The molecular weight excluding hydrogens is 285 g/mol. The topological polar surface area (TPSA) is 66.8 Å². The summed E-state index contributed by atoms with van der Waals surface area (Å²) in [7, 11) is -3.84. The quantitative estimate of drug-likeness (QED) is 0.905. The van der Waals surface area contributed by atoms with Gasteiger partial charge >= 0.3 is 0 Å². The molecule has 0 amide bonds. The summed E-state index contributed by atoms with van der Waals surface area (Å²) in [6, 6.07) is 3.14. The van der Waals surface area contributed by atoms with Crippen molar-refractivity contribution in [3.05, 3.63) is 29.6 Å². The van der Waals surface area contributed by atoms with Crippen LogP contribution in [0.2, 0.25) is 0 Å². The fourth-order valence-corrected chi connectivity index (χ4v) is 4.20. The Hall–Kier alpha value is -1.02. The SMILES string of the molecule is CCC1COCCN1S(=O)(=O)c1cc(F)ccc1CO. The first-order valence-electron chi connectivity index (χ1n) is 6.49. The van der Waals surface area contributed by atoms with Gasteiger partial charge in [-0.25, -0.2) is 12.8 Å². The van der Waals surface area contributed by atoms with E-state index in [1.54, 1.807) is 0 Å². The molecule has 1 unspecified atom stereocenters. The first-order chi connectivity index (χ1) is 9.50. The second kappa shape index (κ2) is 6.17. The highest BCUT2D eigenvalue weighted by Crippen LogP contribution is 2.25. The summed E-state index contributed by atoms with van der Waals surface area (Å²) in [6.07, 6.45) is 0.614. The highest BCUT2D eigenvalue weighted by Gasteiger charge is 2.34. The van der Waals surface area contributed by atoms with Gasteiger partial charge in [0.25, 0.3) is 0 Å². The van der Waals surface area contributed by atoms with Crippen molar-refractivity contribution in [2.45, 2.75) is 30.9 Å². The molecule has 1 saturated heterocycles. The van der Waals surface area contributed by atoms with E-state index in [9.17, 15) is 17.9 Å². The highest BCUT2D eigenvalue weighted by atomic mass is 32.2. The molecule has 1 aliphatic rings. The molecule has 20 heavy (non-hydrogen) atoms. The molecule has 0 spiro atoms. The summed E-state index contributed by atoms with van der Waals surface area (Å²) in [5, 5.41) is 9.26. The molecule has 0 saturated carbocycles. The van der Waals surface area contributed by atoms with E-state index in [-0.39, 0.29) is 23.0 Å². The average Bonchev–Trinajstić information content (AvgIpc) is 2.47. The van der Waals surface area contributed by atoms with E-state index in [4.69, 9.17) is 4.74 Å². The Bertz CT molecular complexity index is 576. The molecule has 0 radical (unpaired) electrons. The summed E-state index contributed by atoms with van der Waals surface area (Å²) in [5.74, 6) is -0.637. The van der Waals surface area contributed by atoms with Gasteiger partial charge in [0.2, 0.25) is 10.0 Å². The van der Waals surface area contributed by atoms with Crippen LogP contribution in [0.1, 0.15) is 18.9 Å². The number of morpholine rings is 1. The molecule has 1 N–H and O–H groups in total. The van der Waals surface area contributed by atoms with Crippen LogP contribution < -0.4 is 0 Å². The minimum atomic E-state index is -3.84. The molecule has 0 aliphatic carbocycles. The van der Waals surface area contributed by atoms with Crippen LogP contribution in [-0.2, 0) is 21.4 Å². The molecular formula is C13H18FNO4S. The van der Waals surface area contributed by atoms with E-state index in [0.717, 1.165) is 12.1 Å². The number of benzene rings is 1. The van der Waals surface area contributed by atoms with Gasteiger partial charge in [0.15, 0.2) is 0 Å². The smallest absolute Gasteiger partial charge is 0.243 e. The van der Waals surface area contributed by atoms with E-state index in [0.29, 0.717) is 19.6 Å². The van der Waals surface area contributed by atoms with Crippen molar-refractivity contribution in [1.82, 2.24) is 4.31 Å². The van der Waals surface area contributed by atoms with E-state index in [1.165, 1.54) is 10.4 Å². The number of aliphatic hydroxyl groups excluding tert-OH is 1. The Labute approximate surface area is 118 Å². The minimum Gasteiger partial charge on any atom is -0.392 e. The fraction of sp³-hybridized carbons (Fsp3) is 0.538. The summed E-state index contributed by atoms with van der Waals surface area (Å²) in [4.78, 5) is -0.166. The third kappa shape index (κ3) is 2.85. The number of hydrogen-bond donors (Lipinski definition) is 1. The van der Waals surface area contributed by atoms with Crippen molar-refractivity contribution in [1.29, 1.82) is 0 Å². The number of rotatable bonds is 4. The van der Waals surface area contributed by atoms with Gasteiger partial charge < -0.3 is 9.84 Å². The lowest BCUT2D eigenvalue weighted by Gasteiger charge is -2.34. The van der Waals surface area contributed by atoms with Crippen LogP contribution in [0.3, 0.4) is 0 Å². The molecule has 1 aromatic rings. The van der Waals surface area contributed by atoms with E-state index >= 15 is 0 Å². The third-order valence-corrected chi connectivity index (χ3v) is 5.46. The van der Waals surface area contributed by atoms with Gasteiger partial charge in [-0.15, -0.1) is 0 Å². The largest absolute Gasteiger partial charge is 0.392 e. The second-order valence-corrected chi connectivity index (χ2v) is 6.52. The number of ether oxygens (including phenoxy) is 1. The Balaban J connectivity index is 2.46. The third-order valence-electron chi connectivity index (χ3n) is 3.43. The zero-order valence-electron chi connectivity index (χ0n) is 11.3. The average molecular weight is 303 g/mol. The zero-order chi connectivity index (χ0) is 14.8. The van der Waals surface area contributed by atoms with Gasteiger partial charge in [-0.3, -0.25) is 0 Å². The summed E-state index contributed by atoms with van der Waals surface area (Å²) in [5.41, 5.74) is 0.202. The van der Waals surface area contributed by atoms with Gasteiger partial charge in [0.1, 0.15) is 5.82 Å². The molecule has 1 heterocycles. The summed E-state index contributed by atoms with van der Waals surface area (Å²) < 4.78 is 45.4.